The lowest BCUT2D eigenvalue weighted by Gasteiger charge is -2.38. The van der Waals surface area contributed by atoms with Gasteiger partial charge in [-0.1, -0.05) is 36.7 Å². The minimum absolute atomic E-state index is 0.101. The van der Waals surface area contributed by atoms with Crippen molar-refractivity contribution in [3.63, 3.8) is 0 Å². The molecule has 0 bridgehead atoms. The zero-order valence-electron chi connectivity index (χ0n) is 17.7. The van der Waals surface area contributed by atoms with Gasteiger partial charge in [0.15, 0.2) is 0 Å². The fourth-order valence-electron chi connectivity index (χ4n) is 4.29. The minimum Gasteiger partial charge on any atom is -0.339 e. The molecule has 1 aromatic carbocycles. The van der Waals surface area contributed by atoms with Crippen molar-refractivity contribution in [1.29, 1.82) is 0 Å². The molecule has 4 rings (SSSR count). The molecule has 1 saturated heterocycles. The van der Waals surface area contributed by atoms with Crippen LogP contribution in [0.25, 0.3) is 5.65 Å². The Hall–Kier alpha value is -2.70. The van der Waals surface area contributed by atoms with E-state index in [9.17, 15) is 9.59 Å². The highest BCUT2D eigenvalue weighted by Crippen LogP contribution is 2.21. The second-order valence-electron chi connectivity index (χ2n) is 8.02. The number of halogens is 1. The van der Waals surface area contributed by atoms with E-state index >= 15 is 0 Å². The molecule has 2 aromatic heterocycles. The van der Waals surface area contributed by atoms with Crippen LogP contribution in [-0.4, -0.2) is 50.8 Å². The van der Waals surface area contributed by atoms with Crippen LogP contribution >= 0.6 is 11.6 Å². The van der Waals surface area contributed by atoms with Crippen LogP contribution in [0.5, 0.6) is 0 Å². The highest BCUT2D eigenvalue weighted by atomic mass is 35.5. The van der Waals surface area contributed by atoms with Crippen molar-refractivity contribution >= 4 is 23.2 Å². The van der Waals surface area contributed by atoms with Crippen molar-refractivity contribution in [2.75, 3.05) is 19.6 Å². The minimum atomic E-state index is -0.123. The standard InChI is InChI=1S/C24H27ClN4O2/c1-2-12-28(17-20-15-23(30)29-16-19(25)8-9-22(29)26-20)21-10-13-27(14-11-21)24(31)18-6-4-3-5-7-18/h3-9,15-16,21H,2,10-14,17H2,1H3. The number of rotatable bonds is 6. The second-order valence-corrected chi connectivity index (χ2v) is 8.46. The molecule has 3 heterocycles. The third-order valence-electron chi connectivity index (χ3n) is 5.84. The molecule has 0 saturated carbocycles. The summed E-state index contributed by atoms with van der Waals surface area (Å²) in [6, 6.07) is 14.9. The number of carbonyl (C=O) groups excluding carboxylic acids is 1. The number of carbonyl (C=O) groups is 1. The Morgan fingerprint density at radius 3 is 2.61 bits per heavy atom. The molecular weight excluding hydrogens is 412 g/mol. The van der Waals surface area contributed by atoms with Crippen molar-refractivity contribution in [1.82, 2.24) is 19.2 Å². The largest absolute Gasteiger partial charge is 0.339 e. The quantitative estimate of drug-likeness (QED) is 0.586. The van der Waals surface area contributed by atoms with Gasteiger partial charge in [0.05, 0.1) is 10.7 Å². The summed E-state index contributed by atoms with van der Waals surface area (Å²) >= 11 is 6.01. The van der Waals surface area contributed by atoms with Crippen molar-refractivity contribution in [3.8, 4) is 0 Å². The van der Waals surface area contributed by atoms with E-state index in [2.05, 4.69) is 16.8 Å². The number of piperidine rings is 1. The number of amides is 1. The topological polar surface area (TPSA) is 57.9 Å². The van der Waals surface area contributed by atoms with Gasteiger partial charge >= 0.3 is 0 Å². The summed E-state index contributed by atoms with van der Waals surface area (Å²) in [6.07, 6.45) is 4.45. The first-order valence-electron chi connectivity index (χ1n) is 10.8. The Bertz CT molecular complexity index is 1110. The first-order chi connectivity index (χ1) is 15.0. The highest BCUT2D eigenvalue weighted by Gasteiger charge is 2.27. The number of pyridine rings is 1. The summed E-state index contributed by atoms with van der Waals surface area (Å²) in [5, 5.41) is 0.508. The Labute approximate surface area is 187 Å². The van der Waals surface area contributed by atoms with E-state index in [0.717, 1.165) is 50.2 Å². The predicted molar refractivity (Wildman–Crippen MR) is 123 cm³/mol. The van der Waals surface area contributed by atoms with Gasteiger partial charge in [-0.2, -0.15) is 0 Å². The van der Waals surface area contributed by atoms with Crippen LogP contribution in [0.4, 0.5) is 0 Å². The van der Waals surface area contributed by atoms with Gasteiger partial charge in [0.1, 0.15) is 5.65 Å². The van der Waals surface area contributed by atoms with Crippen LogP contribution in [0.1, 0.15) is 42.2 Å². The monoisotopic (exact) mass is 438 g/mol. The Balaban J connectivity index is 1.45. The van der Waals surface area contributed by atoms with Gasteiger partial charge in [-0.15, -0.1) is 0 Å². The van der Waals surface area contributed by atoms with Crippen LogP contribution in [0, 0.1) is 0 Å². The van der Waals surface area contributed by atoms with Gasteiger partial charge in [0.2, 0.25) is 0 Å². The number of benzene rings is 1. The summed E-state index contributed by atoms with van der Waals surface area (Å²) in [4.78, 5) is 34.3. The second kappa shape index (κ2) is 9.62. The van der Waals surface area contributed by atoms with Gasteiger partial charge in [-0.3, -0.25) is 18.9 Å². The number of nitrogens with zero attached hydrogens (tertiary/aromatic N) is 4. The zero-order chi connectivity index (χ0) is 21.8. The number of hydrogen-bond acceptors (Lipinski definition) is 4. The summed E-state index contributed by atoms with van der Waals surface area (Å²) in [5.41, 5.74) is 1.99. The van der Waals surface area contributed by atoms with Crippen LogP contribution in [-0.2, 0) is 6.54 Å². The number of hydrogen-bond donors (Lipinski definition) is 0. The van der Waals surface area contributed by atoms with Gasteiger partial charge in [0, 0.05) is 43.5 Å². The van der Waals surface area contributed by atoms with Crippen LogP contribution in [0.15, 0.2) is 59.5 Å². The van der Waals surface area contributed by atoms with Crippen LogP contribution < -0.4 is 5.56 Å². The first kappa shape index (κ1) is 21.5. The lowest BCUT2D eigenvalue weighted by atomic mass is 10.0. The van der Waals surface area contributed by atoms with Crippen molar-refractivity contribution < 1.29 is 4.79 Å². The zero-order valence-corrected chi connectivity index (χ0v) is 18.5. The molecule has 0 aliphatic carbocycles. The molecule has 0 radical (unpaired) electrons. The van der Waals surface area contributed by atoms with E-state index in [0.29, 0.717) is 23.3 Å². The molecule has 0 N–H and O–H groups in total. The molecule has 1 amide bonds. The maximum Gasteiger partial charge on any atom is 0.258 e. The molecule has 6 nitrogen and oxygen atoms in total. The molecule has 0 unspecified atom stereocenters. The molecule has 1 fully saturated rings. The Kier molecular flexibility index (Phi) is 6.68. The van der Waals surface area contributed by atoms with E-state index < -0.39 is 0 Å². The van der Waals surface area contributed by atoms with Gasteiger partial charge in [-0.25, -0.2) is 4.98 Å². The summed E-state index contributed by atoms with van der Waals surface area (Å²) < 4.78 is 1.48. The molecule has 1 aliphatic rings. The average Bonchev–Trinajstić information content (AvgIpc) is 2.79. The van der Waals surface area contributed by atoms with E-state index in [4.69, 9.17) is 11.6 Å². The van der Waals surface area contributed by atoms with E-state index in [-0.39, 0.29) is 11.5 Å². The van der Waals surface area contributed by atoms with Crippen LogP contribution in [0.2, 0.25) is 5.02 Å². The normalized spacial score (nSPS) is 15.0. The summed E-state index contributed by atoms with van der Waals surface area (Å²) in [7, 11) is 0. The SMILES string of the molecule is CCCN(Cc1cc(=O)n2cc(Cl)ccc2n1)C1CCN(C(=O)c2ccccc2)CC1. The van der Waals surface area contributed by atoms with Crippen LogP contribution in [0.3, 0.4) is 0 Å². The smallest absolute Gasteiger partial charge is 0.258 e. The highest BCUT2D eigenvalue weighted by molar-refractivity contribution is 6.30. The van der Waals surface area contributed by atoms with Gasteiger partial charge < -0.3 is 4.90 Å². The van der Waals surface area contributed by atoms with Crippen molar-refractivity contribution in [2.45, 2.75) is 38.8 Å². The Morgan fingerprint density at radius 2 is 1.90 bits per heavy atom. The number of likely N-dealkylation sites (tertiary alicyclic amines) is 1. The van der Waals surface area contributed by atoms with Crippen molar-refractivity contribution in [3.05, 3.63) is 81.4 Å². The summed E-state index contributed by atoms with van der Waals surface area (Å²) in [6.45, 7) is 5.19. The molecule has 3 aromatic rings. The maximum absolute atomic E-state index is 12.7. The lowest BCUT2D eigenvalue weighted by Crippen LogP contribution is -2.47. The lowest BCUT2D eigenvalue weighted by molar-refractivity contribution is 0.0605. The third-order valence-corrected chi connectivity index (χ3v) is 6.06. The average molecular weight is 439 g/mol. The number of aromatic nitrogens is 2. The Morgan fingerprint density at radius 1 is 1.16 bits per heavy atom. The van der Waals surface area contributed by atoms with Gasteiger partial charge in [0.25, 0.3) is 11.5 Å². The third kappa shape index (κ3) is 4.97. The number of fused-ring (bicyclic) bond motifs is 1. The molecule has 0 atom stereocenters. The fourth-order valence-corrected chi connectivity index (χ4v) is 4.45. The summed E-state index contributed by atoms with van der Waals surface area (Å²) in [5.74, 6) is 0.101. The molecule has 7 heteroatoms. The maximum atomic E-state index is 12.7. The van der Waals surface area contributed by atoms with E-state index in [1.165, 1.54) is 4.40 Å². The fraction of sp³-hybridized carbons (Fsp3) is 0.375. The molecule has 162 valence electrons. The molecule has 1 aliphatic heterocycles. The van der Waals surface area contributed by atoms with Crippen molar-refractivity contribution in [2.24, 2.45) is 0 Å². The first-order valence-corrected chi connectivity index (χ1v) is 11.2. The predicted octanol–water partition coefficient (Wildman–Crippen LogP) is 3.86. The van der Waals surface area contributed by atoms with Gasteiger partial charge in [-0.05, 0) is 50.1 Å². The molecule has 0 spiro atoms. The molecule has 31 heavy (non-hydrogen) atoms. The van der Waals surface area contributed by atoms with E-state index in [1.54, 1.807) is 24.4 Å². The molecular formula is C24H27ClN4O2. The van der Waals surface area contributed by atoms with E-state index in [1.807, 2.05) is 35.2 Å².